The van der Waals surface area contributed by atoms with E-state index >= 15 is 0 Å². The Balaban J connectivity index is 2.12. The van der Waals surface area contributed by atoms with Crippen LogP contribution in [0, 0.1) is 6.92 Å². The van der Waals surface area contributed by atoms with E-state index in [0.717, 1.165) is 30.3 Å². The molecule has 110 valence electrons. The quantitative estimate of drug-likeness (QED) is 0.845. The molecule has 0 saturated carbocycles. The number of hydrogen-bond donors (Lipinski definition) is 1. The highest BCUT2D eigenvalue weighted by Crippen LogP contribution is 2.22. The van der Waals surface area contributed by atoms with Crippen LogP contribution in [0.1, 0.15) is 31.9 Å². The lowest BCUT2D eigenvalue weighted by molar-refractivity contribution is -0.0473. The summed E-state index contributed by atoms with van der Waals surface area (Å²) < 4.78 is 5.76. The van der Waals surface area contributed by atoms with Gasteiger partial charge in [0.1, 0.15) is 0 Å². The van der Waals surface area contributed by atoms with Gasteiger partial charge in [-0.3, -0.25) is 0 Å². The molecule has 20 heavy (non-hydrogen) atoms. The van der Waals surface area contributed by atoms with E-state index in [1.807, 2.05) is 0 Å². The third kappa shape index (κ3) is 3.49. The molecule has 1 saturated heterocycles. The Morgan fingerprint density at radius 2 is 2.00 bits per heavy atom. The third-order valence-corrected chi connectivity index (χ3v) is 4.04. The van der Waals surface area contributed by atoms with Crippen LogP contribution in [0.4, 0.5) is 5.69 Å². The van der Waals surface area contributed by atoms with E-state index in [1.165, 1.54) is 11.1 Å². The molecule has 2 atom stereocenters. The maximum atomic E-state index is 5.76. The van der Waals surface area contributed by atoms with Gasteiger partial charge in [-0.2, -0.15) is 0 Å². The van der Waals surface area contributed by atoms with Crippen LogP contribution < -0.4 is 5.32 Å². The standard InChI is InChI=1S/C16H24N2OS/c1-5-14-8-6-7-11(2)15(14)17-16(20)18-9-12(3)19-13(4)10-18/h6-8,12-13H,5,9-10H2,1-4H3,(H,17,20). The van der Waals surface area contributed by atoms with Crippen LogP contribution in [0.3, 0.4) is 0 Å². The molecule has 0 radical (unpaired) electrons. The maximum absolute atomic E-state index is 5.76. The first-order chi connectivity index (χ1) is 9.51. The van der Waals surface area contributed by atoms with Crippen LogP contribution in [0.5, 0.6) is 0 Å². The number of thiocarbonyl (C=S) groups is 1. The third-order valence-electron chi connectivity index (χ3n) is 3.68. The Kier molecular flexibility index (Phi) is 5.00. The topological polar surface area (TPSA) is 24.5 Å². The van der Waals surface area contributed by atoms with E-state index < -0.39 is 0 Å². The van der Waals surface area contributed by atoms with Crippen molar-refractivity contribution in [1.82, 2.24) is 4.90 Å². The van der Waals surface area contributed by atoms with E-state index in [2.05, 4.69) is 56.1 Å². The SMILES string of the molecule is CCc1cccc(C)c1NC(=S)N1CC(C)OC(C)C1. The summed E-state index contributed by atoms with van der Waals surface area (Å²) in [7, 11) is 0. The fourth-order valence-corrected chi connectivity index (χ4v) is 2.98. The van der Waals surface area contributed by atoms with E-state index in [1.54, 1.807) is 0 Å². The van der Waals surface area contributed by atoms with E-state index in [4.69, 9.17) is 17.0 Å². The maximum Gasteiger partial charge on any atom is 0.173 e. The number of nitrogens with one attached hydrogen (secondary N) is 1. The summed E-state index contributed by atoms with van der Waals surface area (Å²) in [5.41, 5.74) is 3.70. The number of nitrogens with zero attached hydrogens (tertiary/aromatic N) is 1. The lowest BCUT2D eigenvalue weighted by atomic mass is 10.1. The molecule has 1 N–H and O–H groups in total. The Labute approximate surface area is 127 Å². The average Bonchev–Trinajstić information content (AvgIpc) is 2.39. The second-order valence-electron chi connectivity index (χ2n) is 5.56. The van der Waals surface area contributed by atoms with Crippen molar-refractivity contribution < 1.29 is 4.74 Å². The zero-order chi connectivity index (χ0) is 14.7. The Morgan fingerprint density at radius 1 is 1.35 bits per heavy atom. The van der Waals surface area contributed by atoms with E-state index in [0.29, 0.717) is 0 Å². The summed E-state index contributed by atoms with van der Waals surface area (Å²) in [4.78, 5) is 2.21. The van der Waals surface area contributed by atoms with Crippen LogP contribution in [0.2, 0.25) is 0 Å². The van der Waals surface area contributed by atoms with Crippen molar-refractivity contribution >= 4 is 23.0 Å². The van der Waals surface area contributed by atoms with Crippen LogP contribution in [-0.4, -0.2) is 35.3 Å². The second-order valence-corrected chi connectivity index (χ2v) is 5.94. The fraction of sp³-hybridized carbons (Fsp3) is 0.562. The number of benzene rings is 1. The van der Waals surface area contributed by atoms with Crippen molar-refractivity contribution in [3.8, 4) is 0 Å². The number of anilines is 1. The van der Waals surface area contributed by atoms with Crippen LogP contribution >= 0.6 is 12.2 Å². The molecular weight excluding hydrogens is 268 g/mol. The van der Waals surface area contributed by atoms with Crippen LogP contribution in [-0.2, 0) is 11.2 Å². The summed E-state index contributed by atoms with van der Waals surface area (Å²) in [6, 6.07) is 6.37. The van der Waals surface area contributed by atoms with Crippen molar-refractivity contribution in [2.75, 3.05) is 18.4 Å². The van der Waals surface area contributed by atoms with Gasteiger partial charge in [-0.15, -0.1) is 0 Å². The van der Waals surface area contributed by atoms with Gasteiger partial charge < -0.3 is 15.0 Å². The van der Waals surface area contributed by atoms with Crippen molar-refractivity contribution in [2.24, 2.45) is 0 Å². The summed E-state index contributed by atoms with van der Waals surface area (Å²) in [6.45, 7) is 10.2. The van der Waals surface area contributed by atoms with Crippen LogP contribution in [0.15, 0.2) is 18.2 Å². The first-order valence-corrected chi connectivity index (χ1v) is 7.72. The number of hydrogen-bond acceptors (Lipinski definition) is 2. The number of ether oxygens (including phenoxy) is 1. The largest absolute Gasteiger partial charge is 0.372 e. The van der Waals surface area contributed by atoms with E-state index in [-0.39, 0.29) is 12.2 Å². The van der Waals surface area contributed by atoms with Crippen molar-refractivity contribution in [1.29, 1.82) is 0 Å². The van der Waals surface area contributed by atoms with Gasteiger partial charge in [0, 0.05) is 18.8 Å². The first kappa shape index (κ1) is 15.3. The molecule has 3 nitrogen and oxygen atoms in total. The summed E-state index contributed by atoms with van der Waals surface area (Å²) in [5, 5.41) is 4.24. The van der Waals surface area contributed by atoms with Crippen molar-refractivity contribution in [2.45, 2.75) is 46.3 Å². The number of aryl methyl sites for hydroxylation is 2. The fourth-order valence-electron chi connectivity index (χ4n) is 2.73. The molecular formula is C16H24N2OS. The van der Waals surface area contributed by atoms with Gasteiger partial charge in [-0.25, -0.2) is 0 Å². The summed E-state index contributed by atoms with van der Waals surface area (Å²) in [5.74, 6) is 0. The summed E-state index contributed by atoms with van der Waals surface area (Å²) >= 11 is 5.59. The Morgan fingerprint density at radius 3 is 2.60 bits per heavy atom. The zero-order valence-electron chi connectivity index (χ0n) is 12.8. The van der Waals surface area contributed by atoms with Crippen molar-refractivity contribution in [3.05, 3.63) is 29.3 Å². The average molecular weight is 292 g/mol. The van der Waals surface area contributed by atoms with Gasteiger partial charge in [-0.05, 0) is 50.5 Å². The molecule has 1 heterocycles. The lowest BCUT2D eigenvalue weighted by Gasteiger charge is -2.37. The van der Waals surface area contributed by atoms with E-state index in [9.17, 15) is 0 Å². The molecule has 1 fully saturated rings. The highest BCUT2D eigenvalue weighted by atomic mass is 32.1. The normalized spacial score (nSPS) is 22.7. The van der Waals surface area contributed by atoms with Gasteiger partial charge in [0.05, 0.1) is 12.2 Å². The molecule has 0 aliphatic carbocycles. The lowest BCUT2D eigenvalue weighted by Crippen LogP contribution is -2.49. The van der Waals surface area contributed by atoms with Gasteiger partial charge in [-0.1, -0.05) is 25.1 Å². The van der Waals surface area contributed by atoms with Crippen molar-refractivity contribution in [3.63, 3.8) is 0 Å². The Hall–Kier alpha value is -1.13. The van der Waals surface area contributed by atoms with Gasteiger partial charge in [0.15, 0.2) is 5.11 Å². The Bertz CT molecular complexity index is 479. The molecule has 0 aromatic heterocycles. The van der Waals surface area contributed by atoms with Gasteiger partial charge in [0.2, 0.25) is 0 Å². The minimum atomic E-state index is 0.223. The number of rotatable bonds is 2. The zero-order valence-corrected chi connectivity index (χ0v) is 13.6. The molecule has 2 unspecified atom stereocenters. The highest BCUT2D eigenvalue weighted by Gasteiger charge is 2.24. The number of para-hydroxylation sites is 1. The molecule has 1 aromatic carbocycles. The smallest absolute Gasteiger partial charge is 0.173 e. The molecule has 1 aromatic rings. The predicted molar refractivity (Wildman–Crippen MR) is 88.4 cm³/mol. The summed E-state index contributed by atoms with van der Waals surface area (Å²) in [6.07, 6.45) is 1.45. The molecule has 0 bridgehead atoms. The minimum Gasteiger partial charge on any atom is -0.372 e. The molecule has 2 rings (SSSR count). The minimum absolute atomic E-state index is 0.223. The molecule has 1 aliphatic heterocycles. The second kappa shape index (κ2) is 6.55. The van der Waals surface area contributed by atoms with Crippen LogP contribution in [0.25, 0.3) is 0 Å². The molecule has 4 heteroatoms. The molecule has 1 aliphatic rings. The first-order valence-electron chi connectivity index (χ1n) is 7.31. The molecule has 0 amide bonds. The number of morpholine rings is 1. The highest BCUT2D eigenvalue weighted by molar-refractivity contribution is 7.80. The predicted octanol–water partition coefficient (Wildman–Crippen LogP) is 3.36. The van der Waals surface area contributed by atoms with Gasteiger partial charge in [0.25, 0.3) is 0 Å². The molecule has 0 spiro atoms. The van der Waals surface area contributed by atoms with Gasteiger partial charge >= 0.3 is 0 Å². The monoisotopic (exact) mass is 292 g/mol.